The van der Waals surface area contributed by atoms with Crippen molar-refractivity contribution < 1.29 is 22.8 Å². The van der Waals surface area contributed by atoms with Crippen molar-refractivity contribution in [3.8, 4) is 0 Å². The van der Waals surface area contributed by atoms with Crippen LogP contribution in [0.5, 0.6) is 0 Å². The average Bonchev–Trinajstić information content (AvgIpc) is 2.37. The summed E-state index contributed by atoms with van der Waals surface area (Å²) < 4.78 is 30.5. The fraction of sp³-hybridized carbons (Fsp3) is 0.333. The minimum Gasteiger partial charge on any atom is -0.449 e. The van der Waals surface area contributed by atoms with Crippen LogP contribution in [0.2, 0.25) is 0 Å². The van der Waals surface area contributed by atoms with E-state index in [1.807, 2.05) is 4.72 Å². The molecular weight excluding hydrogens is 284 g/mol. The molecule has 1 aromatic carbocycles. The van der Waals surface area contributed by atoms with E-state index in [1.165, 1.54) is 19.4 Å². The third-order valence-electron chi connectivity index (χ3n) is 2.30. The first-order valence-electron chi connectivity index (χ1n) is 5.77. The number of oxime groups is 1. The molecule has 0 spiro atoms. The zero-order chi connectivity index (χ0) is 15.2. The Kier molecular flexibility index (Phi) is 5.51. The summed E-state index contributed by atoms with van der Waals surface area (Å²) in [5, 5.41) is 3.55. The summed E-state index contributed by atoms with van der Waals surface area (Å²) in [6, 6.07) is 4.68. The topological polar surface area (TPSA) is 94.1 Å². The van der Waals surface area contributed by atoms with Gasteiger partial charge >= 0.3 is 6.09 Å². The number of hydrogen-bond donors (Lipinski definition) is 1. The first kappa shape index (κ1) is 16.0. The standard InChI is InChI=1S/C12H16N2O5S/c1-4-19-12(15)14-20(16,17)11-7-10(8-13-18-3)6-5-9(11)2/h5-8H,4H2,1-3H3,(H,14,15). The summed E-state index contributed by atoms with van der Waals surface area (Å²) in [7, 11) is -2.61. The molecule has 0 fully saturated rings. The van der Waals surface area contributed by atoms with Gasteiger partial charge in [0.05, 0.1) is 17.7 Å². The van der Waals surface area contributed by atoms with Gasteiger partial charge in [-0.1, -0.05) is 17.3 Å². The van der Waals surface area contributed by atoms with Crippen LogP contribution in [0.4, 0.5) is 4.79 Å². The van der Waals surface area contributed by atoms with Crippen LogP contribution < -0.4 is 4.72 Å². The van der Waals surface area contributed by atoms with E-state index in [0.29, 0.717) is 11.1 Å². The SMILES string of the molecule is CCOC(=O)NS(=O)(=O)c1cc(C=NOC)ccc1C. The maximum absolute atomic E-state index is 12.1. The Morgan fingerprint density at radius 3 is 2.75 bits per heavy atom. The molecule has 0 aliphatic carbocycles. The number of carbonyl (C=O) groups is 1. The molecule has 20 heavy (non-hydrogen) atoms. The van der Waals surface area contributed by atoms with Crippen LogP contribution in [0, 0.1) is 6.92 Å². The minimum atomic E-state index is -3.99. The van der Waals surface area contributed by atoms with Crippen LogP contribution in [0.3, 0.4) is 0 Å². The second kappa shape index (κ2) is 6.90. The van der Waals surface area contributed by atoms with Crippen molar-refractivity contribution in [2.45, 2.75) is 18.7 Å². The van der Waals surface area contributed by atoms with Crippen molar-refractivity contribution in [1.82, 2.24) is 4.72 Å². The smallest absolute Gasteiger partial charge is 0.421 e. The minimum absolute atomic E-state index is 0.0226. The van der Waals surface area contributed by atoms with Crippen molar-refractivity contribution in [1.29, 1.82) is 0 Å². The molecule has 1 rings (SSSR count). The highest BCUT2D eigenvalue weighted by molar-refractivity contribution is 7.90. The number of carbonyl (C=O) groups excluding carboxylic acids is 1. The molecule has 7 nitrogen and oxygen atoms in total. The monoisotopic (exact) mass is 300 g/mol. The van der Waals surface area contributed by atoms with Crippen molar-refractivity contribution in [3.63, 3.8) is 0 Å². The lowest BCUT2D eigenvalue weighted by Gasteiger charge is -2.09. The molecule has 1 N–H and O–H groups in total. The molecular formula is C12H16N2O5S. The zero-order valence-electron chi connectivity index (χ0n) is 11.4. The van der Waals surface area contributed by atoms with Crippen molar-refractivity contribution >= 4 is 22.3 Å². The second-order valence-corrected chi connectivity index (χ2v) is 5.42. The molecule has 0 unspecified atom stereocenters. The van der Waals surface area contributed by atoms with Crippen molar-refractivity contribution in [2.24, 2.45) is 5.16 Å². The van der Waals surface area contributed by atoms with Crippen LogP contribution >= 0.6 is 0 Å². The Balaban J connectivity index is 3.10. The molecule has 1 aromatic rings. The average molecular weight is 300 g/mol. The van der Waals surface area contributed by atoms with Crippen molar-refractivity contribution in [3.05, 3.63) is 29.3 Å². The summed E-state index contributed by atoms with van der Waals surface area (Å²) >= 11 is 0. The van der Waals surface area contributed by atoms with E-state index in [4.69, 9.17) is 0 Å². The van der Waals surface area contributed by atoms with Gasteiger partial charge in [-0.05, 0) is 31.0 Å². The van der Waals surface area contributed by atoms with Crippen LogP contribution in [0.15, 0.2) is 28.3 Å². The van der Waals surface area contributed by atoms with Crippen LogP contribution in [0.25, 0.3) is 0 Å². The molecule has 0 radical (unpaired) electrons. The summed E-state index contributed by atoms with van der Waals surface area (Å²) in [5.74, 6) is 0. The van der Waals surface area contributed by atoms with Gasteiger partial charge in [0.2, 0.25) is 0 Å². The van der Waals surface area contributed by atoms with Crippen LogP contribution in [0.1, 0.15) is 18.1 Å². The van der Waals surface area contributed by atoms with Gasteiger partial charge < -0.3 is 9.57 Å². The van der Waals surface area contributed by atoms with Gasteiger partial charge in [0.25, 0.3) is 10.0 Å². The fourth-order valence-corrected chi connectivity index (χ4v) is 2.60. The lowest BCUT2D eigenvalue weighted by Crippen LogP contribution is -2.31. The highest BCUT2D eigenvalue weighted by Gasteiger charge is 2.20. The molecule has 0 saturated carbocycles. The van der Waals surface area contributed by atoms with E-state index in [-0.39, 0.29) is 11.5 Å². The Morgan fingerprint density at radius 2 is 2.15 bits per heavy atom. The normalized spacial score (nSPS) is 11.3. The van der Waals surface area contributed by atoms with E-state index < -0.39 is 16.1 Å². The highest BCUT2D eigenvalue weighted by atomic mass is 32.2. The van der Waals surface area contributed by atoms with Crippen LogP contribution in [-0.2, 0) is 19.6 Å². The Labute approximate surface area is 117 Å². The maximum Gasteiger partial charge on any atom is 0.421 e. The summed E-state index contributed by atoms with van der Waals surface area (Å²) in [5.41, 5.74) is 1.03. The van der Waals surface area contributed by atoms with Crippen molar-refractivity contribution in [2.75, 3.05) is 13.7 Å². The third-order valence-corrected chi connectivity index (χ3v) is 3.76. The summed E-state index contributed by atoms with van der Waals surface area (Å²) in [6.45, 7) is 3.29. The summed E-state index contributed by atoms with van der Waals surface area (Å²) in [6.07, 6.45) is 0.353. The molecule has 0 aliphatic heterocycles. The van der Waals surface area contributed by atoms with E-state index in [0.717, 1.165) is 0 Å². The summed E-state index contributed by atoms with van der Waals surface area (Å²) in [4.78, 5) is 15.7. The molecule has 0 bridgehead atoms. The van der Waals surface area contributed by atoms with Gasteiger partial charge in [0, 0.05) is 0 Å². The highest BCUT2D eigenvalue weighted by Crippen LogP contribution is 2.16. The number of benzene rings is 1. The maximum atomic E-state index is 12.1. The Bertz CT molecular complexity index is 610. The number of hydrogen-bond acceptors (Lipinski definition) is 6. The number of rotatable bonds is 5. The molecule has 0 saturated heterocycles. The van der Waals surface area contributed by atoms with Gasteiger partial charge in [-0.3, -0.25) is 0 Å². The number of ether oxygens (including phenoxy) is 1. The first-order valence-corrected chi connectivity index (χ1v) is 7.25. The first-order chi connectivity index (χ1) is 9.40. The molecule has 0 atom stereocenters. The predicted octanol–water partition coefficient (Wildman–Crippen LogP) is 1.41. The van der Waals surface area contributed by atoms with E-state index in [9.17, 15) is 13.2 Å². The zero-order valence-corrected chi connectivity index (χ0v) is 12.2. The van der Waals surface area contributed by atoms with E-state index in [1.54, 1.807) is 26.0 Å². The number of nitrogens with zero attached hydrogens (tertiary/aromatic N) is 1. The number of aryl methyl sites for hydroxylation is 1. The second-order valence-electron chi connectivity index (χ2n) is 3.77. The lowest BCUT2D eigenvalue weighted by molar-refractivity contribution is 0.158. The van der Waals surface area contributed by atoms with Gasteiger partial charge in [-0.2, -0.15) is 0 Å². The number of nitrogens with one attached hydrogen (secondary N) is 1. The molecule has 0 aromatic heterocycles. The lowest BCUT2D eigenvalue weighted by atomic mass is 10.2. The molecule has 110 valence electrons. The largest absolute Gasteiger partial charge is 0.449 e. The Hall–Kier alpha value is -2.09. The van der Waals surface area contributed by atoms with Crippen LogP contribution in [-0.4, -0.2) is 34.4 Å². The Morgan fingerprint density at radius 1 is 1.45 bits per heavy atom. The number of sulfonamides is 1. The van der Waals surface area contributed by atoms with E-state index in [2.05, 4.69) is 14.7 Å². The van der Waals surface area contributed by atoms with Gasteiger partial charge in [-0.15, -0.1) is 0 Å². The number of amides is 1. The van der Waals surface area contributed by atoms with E-state index >= 15 is 0 Å². The van der Waals surface area contributed by atoms with Gasteiger partial charge in [0.1, 0.15) is 7.11 Å². The molecule has 0 heterocycles. The third kappa shape index (κ3) is 4.23. The fourth-order valence-electron chi connectivity index (χ4n) is 1.43. The van der Waals surface area contributed by atoms with Gasteiger partial charge in [0.15, 0.2) is 0 Å². The molecule has 8 heteroatoms. The molecule has 0 aliphatic rings. The quantitative estimate of drug-likeness (QED) is 0.655. The molecule has 1 amide bonds. The predicted molar refractivity (Wildman–Crippen MR) is 73.1 cm³/mol. The van der Waals surface area contributed by atoms with Gasteiger partial charge in [-0.25, -0.2) is 17.9 Å².